The average molecular weight is 474 g/mol. The van der Waals surface area contributed by atoms with E-state index in [0.717, 1.165) is 29.9 Å². The number of hydrogen-bond donors (Lipinski definition) is 1. The van der Waals surface area contributed by atoms with E-state index in [1.165, 1.54) is 14.2 Å². The second-order valence-electron chi connectivity index (χ2n) is 8.51. The number of nitrogens with one attached hydrogen (secondary N) is 1. The normalized spacial score (nSPS) is 13.3. The number of rotatable bonds is 7. The van der Waals surface area contributed by atoms with Crippen molar-refractivity contribution in [3.05, 3.63) is 83.4 Å². The summed E-state index contributed by atoms with van der Waals surface area (Å²) in [6.07, 6.45) is 0.443. The number of carbonyl (C=O) groups is 2. The molecule has 0 aromatic heterocycles. The number of hydrogen-bond acceptors (Lipinski definition) is 5. The molecule has 2 amide bonds. The maximum atomic E-state index is 12.9. The van der Waals surface area contributed by atoms with Crippen LogP contribution in [0.4, 0.5) is 11.4 Å². The van der Waals surface area contributed by atoms with Gasteiger partial charge in [-0.3, -0.25) is 9.59 Å². The van der Waals surface area contributed by atoms with Crippen molar-refractivity contribution in [2.24, 2.45) is 0 Å². The van der Waals surface area contributed by atoms with E-state index in [4.69, 9.17) is 9.47 Å². The van der Waals surface area contributed by atoms with Crippen LogP contribution in [0.1, 0.15) is 21.5 Å². The molecule has 0 unspecified atom stereocenters. The molecule has 1 fully saturated rings. The smallest absolute Gasteiger partial charge is 0.263 e. The Hall–Kier alpha value is -4.00. The quantitative estimate of drug-likeness (QED) is 0.558. The van der Waals surface area contributed by atoms with Crippen LogP contribution >= 0.6 is 0 Å². The molecule has 3 aromatic rings. The third-order valence-corrected chi connectivity index (χ3v) is 6.38. The van der Waals surface area contributed by atoms with Crippen LogP contribution < -0.4 is 19.7 Å². The highest BCUT2D eigenvalue weighted by molar-refractivity contribution is 6.08. The summed E-state index contributed by atoms with van der Waals surface area (Å²) in [6.45, 7) is 4.96. The van der Waals surface area contributed by atoms with Crippen LogP contribution in [-0.4, -0.2) is 57.1 Å². The number of anilines is 2. The Morgan fingerprint density at radius 1 is 0.829 bits per heavy atom. The summed E-state index contributed by atoms with van der Waals surface area (Å²) in [6, 6.07) is 21.0. The minimum absolute atomic E-state index is 0.170. The maximum Gasteiger partial charge on any atom is 0.263 e. The molecule has 1 heterocycles. The number of nitrogens with zero attached hydrogens (tertiary/aromatic N) is 2. The van der Waals surface area contributed by atoms with Crippen LogP contribution in [0.15, 0.2) is 66.7 Å². The summed E-state index contributed by atoms with van der Waals surface area (Å²) in [5.41, 5.74) is 4.33. The highest BCUT2D eigenvalue weighted by Crippen LogP contribution is 2.29. The van der Waals surface area contributed by atoms with Crippen molar-refractivity contribution in [1.29, 1.82) is 0 Å². The van der Waals surface area contributed by atoms with Gasteiger partial charge in [0.25, 0.3) is 5.91 Å². The van der Waals surface area contributed by atoms with E-state index >= 15 is 0 Å². The lowest BCUT2D eigenvalue weighted by molar-refractivity contribution is -0.130. The lowest BCUT2D eigenvalue weighted by atomic mass is 10.1. The van der Waals surface area contributed by atoms with E-state index in [0.29, 0.717) is 42.3 Å². The van der Waals surface area contributed by atoms with Crippen molar-refractivity contribution in [1.82, 2.24) is 4.90 Å². The fourth-order valence-electron chi connectivity index (χ4n) is 4.32. The summed E-state index contributed by atoms with van der Waals surface area (Å²) in [7, 11) is 3.05. The second-order valence-corrected chi connectivity index (χ2v) is 8.51. The zero-order chi connectivity index (χ0) is 24.8. The third kappa shape index (κ3) is 5.57. The van der Waals surface area contributed by atoms with Gasteiger partial charge in [-0.15, -0.1) is 0 Å². The van der Waals surface area contributed by atoms with E-state index in [1.807, 2.05) is 60.4 Å². The number of ether oxygens (including phenoxy) is 2. The van der Waals surface area contributed by atoms with Crippen molar-refractivity contribution in [3.8, 4) is 11.5 Å². The first-order valence-corrected chi connectivity index (χ1v) is 11.7. The molecule has 7 nitrogen and oxygen atoms in total. The average Bonchev–Trinajstić information content (AvgIpc) is 2.90. The zero-order valence-corrected chi connectivity index (χ0v) is 20.4. The predicted octanol–water partition coefficient (Wildman–Crippen LogP) is 4.16. The van der Waals surface area contributed by atoms with Gasteiger partial charge in [-0.2, -0.15) is 0 Å². The zero-order valence-electron chi connectivity index (χ0n) is 20.4. The Morgan fingerprint density at radius 2 is 1.46 bits per heavy atom. The molecule has 1 aliphatic rings. The van der Waals surface area contributed by atoms with Crippen LogP contribution in [0.2, 0.25) is 0 Å². The van der Waals surface area contributed by atoms with Gasteiger partial charge in [0.05, 0.1) is 20.6 Å². The second kappa shape index (κ2) is 11.0. The molecule has 182 valence electrons. The predicted molar refractivity (Wildman–Crippen MR) is 138 cm³/mol. The van der Waals surface area contributed by atoms with Gasteiger partial charge in [-0.05, 0) is 54.4 Å². The van der Waals surface area contributed by atoms with E-state index in [2.05, 4.69) is 10.2 Å². The van der Waals surface area contributed by atoms with Gasteiger partial charge in [-0.25, -0.2) is 0 Å². The van der Waals surface area contributed by atoms with Gasteiger partial charge >= 0.3 is 0 Å². The number of carbonyl (C=O) groups excluding carboxylic acids is 2. The molecular weight excluding hydrogens is 442 g/mol. The Morgan fingerprint density at radius 3 is 2.06 bits per heavy atom. The van der Waals surface area contributed by atoms with E-state index in [9.17, 15) is 9.59 Å². The summed E-state index contributed by atoms with van der Waals surface area (Å²) >= 11 is 0. The minimum atomic E-state index is -0.298. The van der Waals surface area contributed by atoms with Crippen molar-refractivity contribution in [2.75, 3.05) is 50.6 Å². The van der Waals surface area contributed by atoms with Crippen LogP contribution in [0.25, 0.3) is 0 Å². The number of piperazine rings is 1. The summed E-state index contributed by atoms with van der Waals surface area (Å²) in [4.78, 5) is 29.9. The fraction of sp³-hybridized carbons (Fsp3) is 0.286. The molecule has 0 atom stereocenters. The first-order valence-electron chi connectivity index (χ1n) is 11.7. The fourth-order valence-corrected chi connectivity index (χ4v) is 4.32. The molecule has 0 aliphatic carbocycles. The number of amides is 2. The lowest BCUT2D eigenvalue weighted by Gasteiger charge is -2.36. The molecule has 4 rings (SSSR count). The molecule has 1 N–H and O–H groups in total. The Kier molecular flexibility index (Phi) is 7.55. The largest absolute Gasteiger partial charge is 0.496 e. The Labute approximate surface area is 206 Å². The SMILES string of the molecule is COc1cccc(OC)c1C(=O)Nc1ccc(N2CCN(C(=O)Cc3ccccc3C)CC2)cc1. The van der Waals surface area contributed by atoms with Gasteiger partial charge in [0.15, 0.2) is 0 Å². The van der Waals surface area contributed by atoms with Crippen LogP contribution in [0, 0.1) is 6.92 Å². The molecule has 1 aliphatic heterocycles. The summed E-state index contributed by atoms with van der Waals surface area (Å²) < 4.78 is 10.7. The highest BCUT2D eigenvalue weighted by atomic mass is 16.5. The first-order chi connectivity index (χ1) is 17.0. The summed E-state index contributed by atoms with van der Waals surface area (Å²) in [5.74, 6) is 0.776. The Balaban J connectivity index is 1.34. The highest BCUT2D eigenvalue weighted by Gasteiger charge is 2.22. The molecule has 7 heteroatoms. The monoisotopic (exact) mass is 473 g/mol. The topological polar surface area (TPSA) is 71.1 Å². The molecule has 3 aromatic carbocycles. The summed E-state index contributed by atoms with van der Waals surface area (Å²) in [5, 5.41) is 2.92. The maximum absolute atomic E-state index is 12.9. The van der Waals surface area contributed by atoms with Crippen LogP contribution in [0.5, 0.6) is 11.5 Å². The molecular formula is C28H31N3O4. The van der Waals surface area contributed by atoms with Gasteiger partial charge < -0.3 is 24.6 Å². The number of methoxy groups -OCH3 is 2. The van der Waals surface area contributed by atoms with Gasteiger partial charge in [0, 0.05) is 37.6 Å². The third-order valence-electron chi connectivity index (χ3n) is 6.38. The molecule has 35 heavy (non-hydrogen) atoms. The molecule has 0 bridgehead atoms. The van der Waals surface area contributed by atoms with E-state index in [1.54, 1.807) is 18.2 Å². The van der Waals surface area contributed by atoms with Gasteiger partial charge in [0.2, 0.25) is 5.91 Å². The van der Waals surface area contributed by atoms with Crippen molar-refractivity contribution < 1.29 is 19.1 Å². The lowest BCUT2D eigenvalue weighted by Crippen LogP contribution is -2.49. The van der Waals surface area contributed by atoms with Crippen molar-refractivity contribution in [3.63, 3.8) is 0 Å². The molecule has 1 saturated heterocycles. The van der Waals surface area contributed by atoms with E-state index < -0.39 is 0 Å². The van der Waals surface area contributed by atoms with Crippen molar-refractivity contribution in [2.45, 2.75) is 13.3 Å². The van der Waals surface area contributed by atoms with E-state index in [-0.39, 0.29) is 11.8 Å². The molecule has 0 saturated carbocycles. The number of aryl methyl sites for hydroxylation is 1. The van der Waals surface area contributed by atoms with Crippen LogP contribution in [0.3, 0.4) is 0 Å². The van der Waals surface area contributed by atoms with Gasteiger partial charge in [-0.1, -0.05) is 30.3 Å². The minimum Gasteiger partial charge on any atom is -0.496 e. The van der Waals surface area contributed by atoms with Crippen molar-refractivity contribution >= 4 is 23.2 Å². The van der Waals surface area contributed by atoms with Crippen LogP contribution in [-0.2, 0) is 11.2 Å². The van der Waals surface area contributed by atoms with Gasteiger partial charge in [0.1, 0.15) is 17.1 Å². The number of benzene rings is 3. The first kappa shape index (κ1) is 24.1. The standard InChI is InChI=1S/C28H31N3O4/c1-20-7-4-5-8-21(20)19-26(32)31-17-15-30(16-18-31)23-13-11-22(12-14-23)29-28(33)27-24(34-2)9-6-10-25(27)35-3/h4-14H,15-19H2,1-3H3,(H,29,33). The Bertz CT molecular complexity index is 1160. The molecule has 0 radical (unpaired) electrons. The molecule has 0 spiro atoms.